The average Bonchev–Trinajstić information content (AvgIpc) is 3.46. The molecular formula is C39H47FN5O7P. The van der Waals surface area contributed by atoms with Crippen molar-refractivity contribution < 1.29 is 32.4 Å². The first-order valence-electron chi connectivity index (χ1n) is 17.4. The van der Waals surface area contributed by atoms with E-state index in [2.05, 4.69) is 11.1 Å². The number of methoxy groups -OCH3 is 2. The number of nitriles is 1. The van der Waals surface area contributed by atoms with Gasteiger partial charge >= 0.3 is 5.69 Å². The monoisotopic (exact) mass is 747 g/mol. The van der Waals surface area contributed by atoms with Gasteiger partial charge in [0.05, 0.1) is 39.9 Å². The number of alkyl halides is 1. The lowest BCUT2D eigenvalue weighted by Crippen LogP contribution is -2.41. The molecule has 282 valence electrons. The number of nitrogens with two attached hydrogens (primary N) is 1. The Bertz CT molecular complexity index is 1800. The van der Waals surface area contributed by atoms with Gasteiger partial charge in [-0.25, -0.2) is 13.9 Å². The van der Waals surface area contributed by atoms with Crippen molar-refractivity contribution in [1.29, 1.82) is 5.26 Å². The quantitative estimate of drug-likeness (QED) is 0.0696. The summed E-state index contributed by atoms with van der Waals surface area (Å²) in [6.07, 6.45) is -4.11. The molecule has 0 bridgehead atoms. The van der Waals surface area contributed by atoms with E-state index in [-0.39, 0.29) is 37.5 Å². The minimum atomic E-state index is -1.91. The van der Waals surface area contributed by atoms with Crippen molar-refractivity contribution in [2.24, 2.45) is 0 Å². The highest BCUT2D eigenvalue weighted by atomic mass is 31.2. The van der Waals surface area contributed by atoms with Crippen LogP contribution in [-0.4, -0.2) is 72.1 Å². The van der Waals surface area contributed by atoms with Crippen molar-refractivity contribution in [3.05, 3.63) is 118 Å². The van der Waals surface area contributed by atoms with Crippen molar-refractivity contribution in [2.75, 3.05) is 33.2 Å². The van der Waals surface area contributed by atoms with Gasteiger partial charge in [0.1, 0.15) is 35.1 Å². The van der Waals surface area contributed by atoms with Crippen molar-refractivity contribution in [3.63, 3.8) is 0 Å². The van der Waals surface area contributed by atoms with Gasteiger partial charge in [0.25, 0.3) is 8.53 Å². The number of nitrogens with zero attached hydrogens (tertiary/aromatic N) is 4. The van der Waals surface area contributed by atoms with Gasteiger partial charge < -0.3 is 33.7 Å². The van der Waals surface area contributed by atoms with Crippen LogP contribution in [0.3, 0.4) is 0 Å². The zero-order valence-corrected chi connectivity index (χ0v) is 31.7. The van der Waals surface area contributed by atoms with E-state index in [4.69, 9.17) is 33.7 Å². The minimum Gasteiger partial charge on any atom is -0.497 e. The molecule has 1 saturated heterocycles. The molecule has 1 aliphatic rings. The highest BCUT2D eigenvalue weighted by Gasteiger charge is 2.51. The topological polar surface area (TPSA) is 143 Å². The Kier molecular flexibility index (Phi) is 13.6. The smallest absolute Gasteiger partial charge is 0.351 e. The molecule has 1 aromatic heterocycles. The van der Waals surface area contributed by atoms with Gasteiger partial charge in [-0.2, -0.15) is 10.2 Å². The number of nitrogen functional groups attached to an aromatic ring is 1. The molecule has 0 saturated carbocycles. The zero-order valence-electron chi connectivity index (χ0n) is 30.8. The van der Waals surface area contributed by atoms with Crippen molar-refractivity contribution in [2.45, 2.75) is 76.4 Å². The molecule has 0 spiro atoms. The van der Waals surface area contributed by atoms with Gasteiger partial charge in [-0.05, 0) is 74.7 Å². The molecule has 2 heterocycles. The Hall–Kier alpha value is -4.41. The van der Waals surface area contributed by atoms with E-state index in [1.807, 2.05) is 111 Å². The molecule has 0 amide bonds. The molecule has 53 heavy (non-hydrogen) atoms. The van der Waals surface area contributed by atoms with Crippen LogP contribution in [0.1, 0.15) is 57.0 Å². The number of hydrogen-bond acceptors (Lipinski definition) is 11. The van der Waals surface area contributed by atoms with Crippen LogP contribution in [0.15, 0.2) is 95.9 Å². The highest BCUT2D eigenvalue weighted by Crippen LogP contribution is 2.51. The van der Waals surface area contributed by atoms with Gasteiger partial charge in [-0.3, -0.25) is 4.57 Å². The van der Waals surface area contributed by atoms with Crippen LogP contribution in [0.4, 0.5) is 10.2 Å². The second kappa shape index (κ2) is 18.1. The second-order valence-corrected chi connectivity index (χ2v) is 14.4. The fraction of sp³-hybridized carbons (Fsp3) is 0.410. The van der Waals surface area contributed by atoms with Gasteiger partial charge in [-0.1, -0.05) is 54.6 Å². The molecule has 1 fully saturated rings. The van der Waals surface area contributed by atoms with E-state index in [9.17, 15) is 10.1 Å². The van der Waals surface area contributed by atoms with Crippen LogP contribution in [-0.2, 0) is 24.1 Å². The number of anilines is 1. The Labute approximate surface area is 311 Å². The number of rotatable bonds is 17. The lowest BCUT2D eigenvalue weighted by atomic mass is 9.80. The summed E-state index contributed by atoms with van der Waals surface area (Å²) in [6, 6.07) is 28.2. The Balaban J connectivity index is 1.62. The van der Waals surface area contributed by atoms with Gasteiger partial charge in [-0.15, -0.1) is 0 Å². The first-order valence-corrected chi connectivity index (χ1v) is 18.5. The molecule has 1 aliphatic heterocycles. The first kappa shape index (κ1) is 39.8. The van der Waals surface area contributed by atoms with E-state index in [0.717, 1.165) is 21.3 Å². The summed E-state index contributed by atoms with van der Waals surface area (Å²) in [6.45, 7) is 7.87. The van der Waals surface area contributed by atoms with Crippen molar-refractivity contribution in [1.82, 2.24) is 14.2 Å². The molecule has 14 heteroatoms. The van der Waals surface area contributed by atoms with Crippen LogP contribution in [0.2, 0.25) is 0 Å². The van der Waals surface area contributed by atoms with Gasteiger partial charge in [0, 0.05) is 18.3 Å². The highest BCUT2D eigenvalue weighted by molar-refractivity contribution is 7.44. The zero-order chi connectivity index (χ0) is 38.1. The normalized spacial score (nSPS) is 19.4. The molecule has 12 nitrogen and oxygen atoms in total. The summed E-state index contributed by atoms with van der Waals surface area (Å²) in [4.78, 5) is 16.8. The molecule has 0 aliphatic carbocycles. The molecule has 2 unspecified atom stereocenters. The number of benzene rings is 3. The number of aromatic nitrogens is 2. The summed E-state index contributed by atoms with van der Waals surface area (Å²) in [5.74, 6) is 1.32. The fourth-order valence-electron chi connectivity index (χ4n) is 6.48. The largest absolute Gasteiger partial charge is 0.497 e. The SMILES string of the molecule is COc1ccc(C(OC[C@H]2O[C@@H](n3ccc(N)nc3=O)C(F)[C@H]2OP(OCCC#N)N(C(C)C)C(C)C)(c2ccccc2)c2ccc(OC)cc2)cc1. The molecule has 3 aromatic carbocycles. The standard InChI is InChI=1S/C39H47FN5O7P/c1-26(2)45(27(3)4)53(50-24-10-22-41)52-36-33(51-37(35(36)40)44-23-21-34(42)43-38(44)46)25-49-39(28-11-8-7-9-12-28,29-13-17-31(47-5)18-14-29)30-15-19-32(48-6)20-16-30/h7-9,11-21,23,26-27,33,35-37H,10,24-25H2,1-6H3,(H2,42,43,46)/t33-,35?,36+,37-,53?/m1/s1. The predicted octanol–water partition coefficient (Wildman–Crippen LogP) is 6.75. The van der Waals surface area contributed by atoms with E-state index in [1.54, 1.807) is 14.2 Å². The number of hydrogen-bond donors (Lipinski definition) is 1. The molecular weight excluding hydrogens is 700 g/mol. The van der Waals surface area contributed by atoms with Crippen LogP contribution in [0, 0.1) is 11.3 Å². The second-order valence-electron chi connectivity index (χ2n) is 13.0. The first-order chi connectivity index (χ1) is 25.5. The molecule has 2 N–H and O–H groups in total. The average molecular weight is 748 g/mol. The van der Waals surface area contributed by atoms with Crippen LogP contribution >= 0.6 is 8.53 Å². The van der Waals surface area contributed by atoms with Crippen LogP contribution < -0.4 is 20.9 Å². The Morgan fingerprint density at radius 2 is 1.51 bits per heavy atom. The Morgan fingerprint density at radius 3 is 2.02 bits per heavy atom. The third-order valence-electron chi connectivity index (χ3n) is 8.90. The van der Waals surface area contributed by atoms with E-state index < -0.39 is 44.4 Å². The lowest BCUT2D eigenvalue weighted by Gasteiger charge is -2.39. The maximum absolute atomic E-state index is 17.0. The summed E-state index contributed by atoms with van der Waals surface area (Å²) < 4.78 is 57.3. The van der Waals surface area contributed by atoms with Crippen LogP contribution in [0.25, 0.3) is 0 Å². The maximum Gasteiger partial charge on any atom is 0.351 e. The summed E-state index contributed by atoms with van der Waals surface area (Å²) in [5, 5.41) is 9.26. The van der Waals surface area contributed by atoms with E-state index >= 15 is 4.39 Å². The summed E-state index contributed by atoms with van der Waals surface area (Å²) in [7, 11) is 1.29. The summed E-state index contributed by atoms with van der Waals surface area (Å²) >= 11 is 0. The van der Waals surface area contributed by atoms with E-state index in [0.29, 0.717) is 11.5 Å². The van der Waals surface area contributed by atoms with E-state index in [1.165, 1.54) is 12.3 Å². The number of ether oxygens (including phenoxy) is 4. The molecule has 5 rings (SSSR count). The van der Waals surface area contributed by atoms with Crippen molar-refractivity contribution >= 4 is 14.3 Å². The fourth-order valence-corrected chi connectivity index (χ4v) is 8.24. The molecule has 0 radical (unpaired) electrons. The van der Waals surface area contributed by atoms with Gasteiger partial charge in [0.2, 0.25) is 0 Å². The van der Waals surface area contributed by atoms with Gasteiger partial charge in [0.15, 0.2) is 12.4 Å². The maximum atomic E-state index is 17.0. The number of halogens is 1. The minimum absolute atomic E-state index is 0.00196. The third kappa shape index (κ3) is 8.87. The van der Waals surface area contributed by atoms with Crippen molar-refractivity contribution in [3.8, 4) is 17.6 Å². The third-order valence-corrected chi connectivity index (χ3v) is 11.0. The predicted molar refractivity (Wildman–Crippen MR) is 200 cm³/mol. The van der Waals surface area contributed by atoms with Crippen LogP contribution in [0.5, 0.6) is 11.5 Å². The molecule has 5 atom stereocenters. The Morgan fingerprint density at radius 1 is 0.943 bits per heavy atom. The lowest BCUT2D eigenvalue weighted by molar-refractivity contribution is -0.0934. The molecule has 4 aromatic rings. The summed E-state index contributed by atoms with van der Waals surface area (Å²) in [5.41, 5.74) is 6.09.